The van der Waals surface area contributed by atoms with Gasteiger partial charge in [-0.2, -0.15) is 0 Å². The van der Waals surface area contributed by atoms with Crippen LogP contribution in [0.2, 0.25) is 0 Å². The quantitative estimate of drug-likeness (QED) is 0.869. The summed E-state index contributed by atoms with van der Waals surface area (Å²) >= 11 is 0. The van der Waals surface area contributed by atoms with Crippen LogP contribution in [0.3, 0.4) is 0 Å². The van der Waals surface area contributed by atoms with Crippen LogP contribution in [0, 0.1) is 0 Å². The van der Waals surface area contributed by atoms with Crippen molar-refractivity contribution in [2.75, 3.05) is 24.5 Å². The second-order valence-corrected chi connectivity index (χ2v) is 5.85. The molecule has 124 valence electrons. The van der Waals surface area contributed by atoms with E-state index in [0.29, 0.717) is 17.7 Å². The van der Waals surface area contributed by atoms with Gasteiger partial charge in [0.1, 0.15) is 0 Å². The van der Waals surface area contributed by atoms with E-state index in [2.05, 4.69) is 4.98 Å². The number of rotatable bonds is 4. The summed E-state index contributed by atoms with van der Waals surface area (Å²) in [5, 5.41) is 0. The van der Waals surface area contributed by atoms with Gasteiger partial charge >= 0.3 is 0 Å². The van der Waals surface area contributed by atoms with Crippen LogP contribution in [0.25, 0.3) is 0 Å². The first-order valence-corrected chi connectivity index (χ1v) is 8.32. The molecule has 0 N–H and O–H groups in total. The molecule has 5 nitrogen and oxygen atoms in total. The van der Waals surface area contributed by atoms with Gasteiger partial charge in [0.25, 0.3) is 11.8 Å². The number of pyridine rings is 1. The molecule has 0 bridgehead atoms. The lowest BCUT2D eigenvalue weighted by atomic mass is 10.1. The Morgan fingerprint density at radius 3 is 2.42 bits per heavy atom. The molecule has 5 heteroatoms. The highest BCUT2D eigenvalue weighted by molar-refractivity contribution is 6.07. The molecule has 1 aromatic carbocycles. The number of hydrogen-bond donors (Lipinski definition) is 0. The molecule has 2 amide bonds. The number of carbonyl (C=O) groups excluding carboxylic acids is 2. The maximum Gasteiger partial charge on any atom is 0.259 e. The third kappa shape index (κ3) is 3.30. The molecule has 3 rings (SSSR count). The lowest BCUT2D eigenvalue weighted by Crippen LogP contribution is -2.31. The Morgan fingerprint density at radius 1 is 1.08 bits per heavy atom. The summed E-state index contributed by atoms with van der Waals surface area (Å²) in [7, 11) is 0. The molecule has 0 saturated carbocycles. The van der Waals surface area contributed by atoms with Crippen molar-refractivity contribution in [1.82, 2.24) is 9.88 Å². The summed E-state index contributed by atoms with van der Waals surface area (Å²) in [6.45, 7) is 4.04. The fourth-order valence-corrected chi connectivity index (χ4v) is 2.98. The molecule has 0 radical (unpaired) electrons. The van der Waals surface area contributed by atoms with Crippen LogP contribution in [-0.2, 0) is 0 Å². The standard InChI is InChI=1S/C19H21N3O2/c1-2-22(17-8-4-3-5-9-17)19(24)16-12-15(13-20-14-16)18(23)21-10-6-7-11-21/h3-5,8-9,12-14H,2,6-7,10-11H2,1H3. The van der Waals surface area contributed by atoms with E-state index in [4.69, 9.17) is 0 Å². The SMILES string of the molecule is CCN(C(=O)c1cncc(C(=O)N2CCCC2)c1)c1ccccc1. The highest BCUT2D eigenvalue weighted by Crippen LogP contribution is 2.18. The number of nitrogens with zero attached hydrogens (tertiary/aromatic N) is 3. The van der Waals surface area contributed by atoms with E-state index >= 15 is 0 Å². The minimum atomic E-state index is -0.146. The fraction of sp³-hybridized carbons (Fsp3) is 0.316. The van der Waals surface area contributed by atoms with Crippen molar-refractivity contribution in [2.45, 2.75) is 19.8 Å². The maximum atomic E-state index is 12.8. The van der Waals surface area contributed by atoms with Gasteiger partial charge < -0.3 is 9.80 Å². The maximum absolute atomic E-state index is 12.8. The van der Waals surface area contributed by atoms with E-state index < -0.39 is 0 Å². The Bertz CT molecular complexity index is 724. The van der Waals surface area contributed by atoms with E-state index in [1.54, 1.807) is 11.0 Å². The number of anilines is 1. The molecule has 0 atom stereocenters. The smallest absolute Gasteiger partial charge is 0.259 e. The van der Waals surface area contributed by atoms with Gasteiger partial charge in [-0.25, -0.2) is 0 Å². The lowest BCUT2D eigenvalue weighted by Gasteiger charge is -2.21. The van der Waals surface area contributed by atoms with Crippen molar-refractivity contribution in [3.63, 3.8) is 0 Å². The molecular weight excluding hydrogens is 302 g/mol. The van der Waals surface area contributed by atoms with E-state index in [0.717, 1.165) is 31.6 Å². The molecule has 1 fully saturated rings. The number of carbonyl (C=O) groups is 2. The largest absolute Gasteiger partial charge is 0.339 e. The van der Waals surface area contributed by atoms with Crippen LogP contribution in [0.1, 0.15) is 40.5 Å². The van der Waals surface area contributed by atoms with Crippen molar-refractivity contribution >= 4 is 17.5 Å². The van der Waals surface area contributed by atoms with Crippen LogP contribution in [0.5, 0.6) is 0 Å². The van der Waals surface area contributed by atoms with Crippen molar-refractivity contribution in [1.29, 1.82) is 0 Å². The molecular formula is C19H21N3O2. The van der Waals surface area contributed by atoms with Crippen molar-refractivity contribution in [3.8, 4) is 0 Å². The molecule has 1 aliphatic heterocycles. The topological polar surface area (TPSA) is 53.5 Å². The molecule has 1 aromatic heterocycles. The Balaban J connectivity index is 1.84. The zero-order valence-electron chi connectivity index (χ0n) is 13.8. The van der Waals surface area contributed by atoms with Gasteiger partial charge in [-0.3, -0.25) is 14.6 Å². The summed E-state index contributed by atoms with van der Waals surface area (Å²) in [6.07, 6.45) is 5.13. The van der Waals surface area contributed by atoms with Gasteiger partial charge in [-0.1, -0.05) is 18.2 Å². The van der Waals surface area contributed by atoms with Crippen molar-refractivity contribution in [3.05, 3.63) is 59.9 Å². The minimum absolute atomic E-state index is 0.0441. The lowest BCUT2D eigenvalue weighted by molar-refractivity contribution is 0.0792. The Kier molecular flexibility index (Phi) is 4.89. The number of benzene rings is 1. The summed E-state index contributed by atoms with van der Waals surface area (Å²) in [4.78, 5) is 32.9. The van der Waals surface area contributed by atoms with Gasteiger partial charge in [0.2, 0.25) is 0 Å². The average Bonchev–Trinajstić information content (AvgIpc) is 3.17. The highest BCUT2D eigenvalue weighted by Gasteiger charge is 2.22. The second-order valence-electron chi connectivity index (χ2n) is 5.85. The summed E-state index contributed by atoms with van der Waals surface area (Å²) in [6, 6.07) is 11.2. The average molecular weight is 323 g/mol. The fourth-order valence-electron chi connectivity index (χ4n) is 2.98. The van der Waals surface area contributed by atoms with E-state index in [1.807, 2.05) is 42.2 Å². The Morgan fingerprint density at radius 2 is 1.75 bits per heavy atom. The number of amides is 2. The summed E-state index contributed by atoms with van der Waals surface area (Å²) in [5.41, 5.74) is 1.75. The first kappa shape index (κ1) is 16.2. The highest BCUT2D eigenvalue weighted by atomic mass is 16.2. The van der Waals surface area contributed by atoms with Gasteiger partial charge in [-0.15, -0.1) is 0 Å². The van der Waals surface area contributed by atoms with Crippen LogP contribution in [0.15, 0.2) is 48.8 Å². The number of hydrogen-bond acceptors (Lipinski definition) is 3. The van der Waals surface area contributed by atoms with Crippen molar-refractivity contribution in [2.24, 2.45) is 0 Å². The van der Waals surface area contributed by atoms with Gasteiger partial charge in [0, 0.05) is 37.7 Å². The molecule has 24 heavy (non-hydrogen) atoms. The second kappa shape index (κ2) is 7.25. The number of likely N-dealkylation sites (tertiary alicyclic amines) is 1. The van der Waals surface area contributed by atoms with E-state index in [1.165, 1.54) is 12.4 Å². The first-order valence-electron chi connectivity index (χ1n) is 8.32. The monoisotopic (exact) mass is 323 g/mol. The molecule has 0 spiro atoms. The van der Waals surface area contributed by atoms with E-state index in [9.17, 15) is 9.59 Å². The van der Waals surface area contributed by atoms with E-state index in [-0.39, 0.29) is 11.8 Å². The van der Waals surface area contributed by atoms with Crippen LogP contribution in [-0.4, -0.2) is 41.3 Å². The van der Waals surface area contributed by atoms with Crippen LogP contribution >= 0.6 is 0 Å². The summed E-state index contributed by atoms with van der Waals surface area (Å²) < 4.78 is 0. The molecule has 2 heterocycles. The van der Waals surface area contributed by atoms with Crippen LogP contribution in [0.4, 0.5) is 5.69 Å². The molecule has 1 saturated heterocycles. The Labute approximate surface area is 141 Å². The third-order valence-electron chi connectivity index (χ3n) is 4.25. The zero-order chi connectivity index (χ0) is 16.9. The number of para-hydroxylation sites is 1. The predicted molar refractivity (Wildman–Crippen MR) is 93.2 cm³/mol. The van der Waals surface area contributed by atoms with Crippen LogP contribution < -0.4 is 4.90 Å². The predicted octanol–water partition coefficient (Wildman–Crippen LogP) is 2.98. The molecule has 0 unspecified atom stereocenters. The third-order valence-corrected chi connectivity index (χ3v) is 4.25. The molecule has 1 aliphatic rings. The zero-order valence-corrected chi connectivity index (χ0v) is 13.8. The Hall–Kier alpha value is -2.69. The van der Waals surface area contributed by atoms with Gasteiger partial charge in [0.15, 0.2) is 0 Å². The molecule has 2 aromatic rings. The normalized spacial score (nSPS) is 13.8. The molecule has 0 aliphatic carbocycles. The first-order chi connectivity index (χ1) is 11.7. The summed E-state index contributed by atoms with van der Waals surface area (Å²) in [5.74, 6) is -0.190. The van der Waals surface area contributed by atoms with Crippen molar-refractivity contribution < 1.29 is 9.59 Å². The number of aromatic nitrogens is 1. The van der Waals surface area contributed by atoms with Gasteiger partial charge in [0.05, 0.1) is 11.1 Å². The van der Waals surface area contributed by atoms with Gasteiger partial charge in [-0.05, 0) is 38.0 Å². The minimum Gasteiger partial charge on any atom is -0.339 e.